The van der Waals surface area contributed by atoms with E-state index in [-0.39, 0.29) is 5.91 Å². The zero-order chi connectivity index (χ0) is 15.7. The Hall–Kier alpha value is -2.11. The molecule has 0 saturated heterocycles. The van der Waals surface area contributed by atoms with E-state index < -0.39 is 0 Å². The molecule has 1 aromatic carbocycles. The molecule has 4 nitrogen and oxygen atoms in total. The van der Waals surface area contributed by atoms with Gasteiger partial charge in [-0.2, -0.15) is 0 Å². The first-order valence-corrected chi connectivity index (χ1v) is 8.00. The Labute approximate surface area is 134 Å². The normalized spacial score (nSPS) is 11.3. The maximum absolute atomic E-state index is 12.5. The van der Waals surface area contributed by atoms with E-state index in [2.05, 4.69) is 16.3 Å². The number of carbonyl (C=O) groups is 1. The smallest absolute Gasteiger partial charge is 0.272 e. The summed E-state index contributed by atoms with van der Waals surface area (Å²) in [6, 6.07) is 11.9. The highest BCUT2D eigenvalue weighted by atomic mass is 32.1. The number of aryl methyl sites for hydroxylation is 1. The molecule has 2 heterocycles. The third kappa shape index (κ3) is 2.91. The highest BCUT2D eigenvalue weighted by molar-refractivity contribution is 7.17. The van der Waals surface area contributed by atoms with Gasteiger partial charge in [0.2, 0.25) is 0 Å². The quantitative estimate of drug-likeness (QED) is 0.800. The predicted molar refractivity (Wildman–Crippen MR) is 92.6 cm³/mol. The maximum atomic E-state index is 12.5. The van der Waals surface area contributed by atoms with Crippen LogP contribution in [0.4, 0.5) is 5.69 Å². The van der Waals surface area contributed by atoms with E-state index >= 15 is 0 Å². The third-order valence-corrected chi connectivity index (χ3v) is 4.43. The van der Waals surface area contributed by atoms with Gasteiger partial charge in [-0.3, -0.25) is 4.79 Å². The van der Waals surface area contributed by atoms with Gasteiger partial charge < -0.3 is 14.8 Å². The number of rotatable bonds is 4. The minimum Gasteiger partial charge on any atom is -0.339 e. The summed E-state index contributed by atoms with van der Waals surface area (Å²) in [5, 5.41) is 5.03. The van der Waals surface area contributed by atoms with Gasteiger partial charge in [0.1, 0.15) is 5.69 Å². The van der Waals surface area contributed by atoms with Crippen LogP contribution in [0.25, 0.3) is 10.2 Å². The summed E-state index contributed by atoms with van der Waals surface area (Å²) in [6.45, 7) is 0.851. The predicted octanol–water partition coefficient (Wildman–Crippen LogP) is 3.55. The summed E-state index contributed by atoms with van der Waals surface area (Å²) in [6.07, 6.45) is 0. The Morgan fingerprint density at radius 3 is 2.82 bits per heavy atom. The number of aromatic nitrogens is 1. The number of thiophene rings is 1. The zero-order valence-electron chi connectivity index (χ0n) is 13.0. The third-order valence-electron chi connectivity index (χ3n) is 3.58. The Kier molecular flexibility index (Phi) is 4.00. The van der Waals surface area contributed by atoms with Crippen molar-refractivity contribution in [3.05, 3.63) is 53.0 Å². The molecule has 0 saturated carbocycles. The highest BCUT2D eigenvalue weighted by Gasteiger charge is 2.14. The molecule has 0 atom stereocenters. The number of carbonyl (C=O) groups excluding carboxylic acids is 1. The van der Waals surface area contributed by atoms with Crippen LogP contribution in [0.1, 0.15) is 16.1 Å². The van der Waals surface area contributed by atoms with Crippen LogP contribution >= 0.6 is 11.3 Å². The lowest BCUT2D eigenvalue weighted by atomic mass is 10.2. The molecule has 0 aliphatic rings. The number of fused-ring (bicyclic) bond motifs is 1. The van der Waals surface area contributed by atoms with E-state index in [0.29, 0.717) is 5.69 Å². The lowest BCUT2D eigenvalue weighted by Gasteiger charge is -2.11. The molecule has 0 fully saturated rings. The van der Waals surface area contributed by atoms with Gasteiger partial charge in [0, 0.05) is 19.3 Å². The lowest BCUT2D eigenvalue weighted by Crippen LogP contribution is -2.16. The van der Waals surface area contributed by atoms with Crippen LogP contribution in [0.15, 0.2) is 41.8 Å². The molecule has 1 N–H and O–H groups in total. The van der Waals surface area contributed by atoms with Crippen molar-refractivity contribution in [2.75, 3.05) is 19.4 Å². The summed E-state index contributed by atoms with van der Waals surface area (Å²) in [7, 11) is 5.98. The number of nitrogens with one attached hydrogen (secondary N) is 1. The van der Waals surface area contributed by atoms with Crippen LogP contribution in [0.5, 0.6) is 0 Å². The molecule has 0 aliphatic carbocycles. The lowest BCUT2D eigenvalue weighted by molar-refractivity contribution is 0.102. The van der Waals surface area contributed by atoms with Crippen molar-refractivity contribution in [2.24, 2.45) is 7.05 Å². The molecule has 1 amide bonds. The minimum absolute atomic E-state index is 0.0760. The number of anilines is 1. The number of amides is 1. The van der Waals surface area contributed by atoms with Crippen molar-refractivity contribution >= 4 is 33.1 Å². The molecule has 0 spiro atoms. The van der Waals surface area contributed by atoms with E-state index in [1.807, 2.05) is 61.4 Å². The Morgan fingerprint density at radius 1 is 1.27 bits per heavy atom. The molecule has 5 heteroatoms. The molecular formula is C17H19N3OS. The van der Waals surface area contributed by atoms with E-state index in [0.717, 1.165) is 22.4 Å². The zero-order valence-corrected chi connectivity index (χ0v) is 13.8. The molecule has 0 unspecified atom stereocenters. The van der Waals surface area contributed by atoms with Crippen molar-refractivity contribution < 1.29 is 4.79 Å². The SMILES string of the molecule is CN(C)Cc1cccc(NC(=O)c2cc3sccc3n2C)c1. The van der Waals surface area contributed by atoms with Gasteiger partial charge in [-0.15, -0.1) is 11.3 Å². The van der Waals surface area contributed by atoms with Crippen molar-refractivity contribution in [3.63, 3.8) is 0 Å². The molecule has 3 rings (SSSR count). The number of hydrogen-bond acceptors (Lipinski definition) is 3. The molecule has 3 aromatic rings. The first-order chi connectivity index (χ1) is 10.5. The second kappa shape index (κ2) is 5.94. The Balaban J connectivity index is 1.82. The molecule has 114 valence electrons. The van der Waals surface area contributed by atoms with Crippen LogP contribution in [0, 0.1) is 0 Å². The van der Waals surface area contributed by atoms with E-state index in [1.165, 1.54) is 5.56 Å². The second-order valence-corrected chi connectivity index (χ2v) is 6.60. The second-order valence-electron chi connectivity index (χ2n) is 5.65. The fourth-order valence-electron chi connectivity index (χ4n) is 2.58. The molecule has 22 heavy (non-hydrogen) atoms. The van der Waals surface area contributed by atoms with Gasteiger partial charge in [-0.1, -0.05) is 12.1 Å². The molecular weight excluding hydrogens is 294 g/mol. The molecule has 2 aromatic heterocycles. The Bertz CT molecular complexity index is 816. The van der Waals surface area contributed by atoms with Gasteiger partial charge in [-0.25, -0.2) is 0 Å². The summed E-state index contributed by atoms with van der Waals surface area (Å²) in [4.78, 5) is 14.6. The first-order valence-electron chi connectivity index (χ1n) is 7.12. The van der Waals surface area contributed by atoms with Gasteiger partial charge in [0.25, 0.3) is 5.91 Å². The fraction of sp³-hybridized carbons (Fsp3) is 0.235. The Morgan fingerprint density at radius 2 is 2.09 bits per heavy atom. The van der Waals surface area contributed by atoms with Crippen molar-refractivity contribution in [1.29, 1.82) is 0 Å². The average Bonchev–Trinajstić information content (AvgIpc) is 3.02. The van der Waals surface area contributed by atoms with Crippen LogP contribution in [-0.2, 0) is 13.6 Å². The summed E-state index contributed by atoms with van der Waals surface area (Å²) >= 11 is 1.65. The van der Waals surface area contributed by atoms with Crippen LogP contribution in [-0.4, -0.2) is 29.5 Å². The number of nitrogens with zero attached hydrogens (tertiary/aromatic N) is 2. The van der Waals surface area contributed by atoms with Crippen molar-refractivity contribution in [3.8, 4) is 0 Å². The van der Waals surface area contributed by atoms with Gasteiger partial charge in [0.05, 0.1) is 10.2 Å². The van der Waals surface area contributed by atoms with Gasteiger partial charge >= 0.3 is 0 Å². The molecule has 0 radical (unpaired) electrons. The standard InChI is InChI=1S/C17H19N3OS/c1-19(2)11-12-5-4-6-13(9-12)18-17(21)15-10-16-14(20(15)3)7-8-22-16/h4-10H,11H2,1-3H3,(H,18,21). The number of hydrogen-bond donors (Lipinski definition) is 1. The molecule has 0 bridgehead atoms. The minimum atomic E-state index is -0.0760. The summed E-state index contributed by atoms with van der Waals surface area (Å²) < 4.78 is 3.07. The molecule has 0 aliphatic heterocycles. The fourth-order valence-corrected chi connectivity index (χ4v) is 3.42. The largest absolute Gasteiger partial charge is 0.339 e. The number of benzene rings is 1. The van der Waals surface area contributed by atoms with E-state index in [1.54, 1.807) is 11.3 Å². The summed E-state index contributed by atoms with van der Waals surface area (Å²) in [5.74, 6) is -0.0760. The van der Waals surface area contributed by atoms with Gasteiger partial charge in [0.15, 0.2) is 0 Å². The van der Waals surface area contributed by atoms with E-state index in [4.69, 9.17) is 0 Å². The monoisotopic (exact) mass is 313 g/mol. The van der Waals surface area contributed by atoms with Crippen LogP contribution < -0.4 is 5.32 Å². The first kappa shape index (κ1) is 14.8. The van der Waals surface area contributed by atoms with Crippen LogP contribution in [0.2, 0.25) is 0 Å². The van der Waals surface area contributed by atoms with E-state index in [9.17, 15) is 4.79 Å². The summed E-state index contributed by atoms with van der Waals surface area (Å²) in [5.41, 5.74) is 3.78. The van der Waals surface area contributed by atoms with Gasteiger partial charge in [-0.05, 0) is 49.3 Å². The van der Waals surface area contributed by atoms with Crippen LogP contribution in [0.3, 0.4) is 0 Å². The van der Waals surface area contributed by atoms with Crippen molar-refractivity contribution in [1.82, 2.24) is 9.47 Å². The topological polar surface area (TPSA) is 37.3 Å². The van der Waals surface area contributed by atoms with Crippen molar-refractivity contribution in [2.45, 2.75) is 6.54 Å². The highest BCUT2D eigenvalue weighted by Crippen LogP contribution is 2.24. The average molecular weight is 313 g/mol. The maximum Gasteiger partial charge on any atom is 0.272 e.